The van der Waals surface area contributed by atoms with Crippen LogP contribution in [0.2, 0.25) is 0 Å². The summed E-state index contributed by atoms with van der Waals surface area (Å²) in [5.74, 6) is -1.50. The summed E-state index contributed by atoms with van der Waals surface area (Å²) in [7, 11) is 1.72. The van der Waals surface area contributed by atoms with E-state index in [4.69, 9.17) is 4.74 Å². The van der Waals surface area contributed by atoms with Gasteiger partial charge in [-0.2, -0.15) is 0 Å². The molecule has 0 aromatic heterocycles. The number of ether oxygens (including phenoxy) is 1. The highest BCUT2D eigenvalue weighted by Crippen LogP contribution is 2.23. The molecule has 1 saturated heterocycles. The normalized spacial score (nSPS) is 17.6. The summed E-state index contributed by atoms with van der Waals surface area (Å²) in [6.45, 7) is 6.21. The van der Waals surface area contributed by atoms with Crippen LogP contribution in [0.15, 0.2) is 18.2 Å². The Balaban J connectivity index is 2.04. The molecule has 0 radical (unpaired) electrons. The second-order valence-electron chi connectivity index (χ2n) is 5.70. The Morgan fingerprint density at radius 1 is 1.45 bits per heavy atom. The molecule has 1 aliphatic rings. The zero-order chi connectivity index (χ0) is 16.1. The zero-order valence-corrected chi connectivity index (χ0v) is 13.1. The number of hydrogen-bond donors (Lipinski definition) is 1. The average Bonchev–Trinajstić information content (AvgIpc) is 2.48. The van der Waals surface area contributed by atoms with Crippen LogP contribution in [0.3, 0.4) is 0 Å². The number of benzene rings is 1. The number of nitrogens with zero attached hydrogens (tertiary/aromatic N) is 2. The van der Waals surface area contributed by atoms with E-state index in [-0.39, 0.29) is 5.56 Å². The Kier molecular flexibility index (Phi) is 5.88. The highest BCUT2D eigenvalue weighted by atomic mass is 19.1. The number of likely N-dealkylation sites (N-methyl/N-ethyl adjacent to an activating group) is 1. The molecular formula is C16H23FN2O3. The van der Waals surface area contributed by atoms with Crippen LogP contribution in [0.4, 0.5) is 4.39 Å². The minimum absolute atomic E-state index is 0.211. The molecule has 0 unspecified atom stereocenters. The number of rotatable bonds is 6. The Hall–Kier alpha value is -1.50. The van der Waals surface area contributed by atoms with Gasteiger partial charge in [0.25, 0.3) is 0 Å². The van der Waals surface area contributed by atoms with Crippen molar-refractivity contribution in [2.24, 2.45) is 0 Å². The van der Waals surface area contributed by atoms with Crippen LogP contribution in [-0.2, 0) is 9.53 Å². The molecule has 1 fully saturated rings. The van der Waals surface area contributed by atoms with E-state index in [1.54, 1.807) is 31.0 Å². The molecular weight excluding hydrogens is 287 g/mol. The van der Waals surface area contributed by atoms with Crippen LogP contribution in [0.25, 0.3) is 0 Å². The van der Waals surface area contributed by atoms with Crippen molar-refractivity contribution in [2.45, 2.75) is 13.0 Å². The quantitative estimate of drug-likeness (QED) is 0.863. The average molecular weight is 310 g/mol. The van der Waals surface area contributed by atoms with Gasteiger partial charge in [-0.3, -0.25) is 14.6 Å². The smallest absolute Gasteiger partial charge is 0.325 e. The molecule has 1 aliphatic heterocycles. The lowest BCUT2D eigenvalue weighted by Crippen LogP contribution is -2.42. The largest absolute Gasteiger partial charge is 0.480 e. The van der Waals surface area contributed by atoms with Gasteiger partial charge in [0.1, 0.15) is 11.9 Å². The molecule has 1 atom stereocenters. The van der Waals surface area contributed by atoms with Gasteiger partial charge in [0.2, 0.25) is 0 Å². The Labute approximate surface area is 130 Å². The lowest BCUT2D eigenvalue weighted by atomic mass is 10.0. The zero-order valence-electron chi connectivity index (χ0n) is 13.1. The van der Waals surface area contributed by atoms with Crippen molar-refractivity contribution in [2.75, 3.05) is 46.4 Å². The fourth-order valence-electron chi connectivity index (χ4n) is 2.67. The van der Waals surface area contributed by atoms with Crippen molar-refractivity contribution in [3.63, 3.8) is 0 Å². The second-order valence-corrected chi connectivity index (χ2v) is 5.70. The summed E-state index contributed by atoms with van der Waals surface area (Å²) in [6, 6.07) is 3.71. The summed E-state index contributed by atoms with van der Waals surface area (Å²) >= 11 is 0. The van der Waals surface area contributed by atoms with Crippen LogP contribution in [0, 0.1) is 12.7 Å². The number of carbonyl (C=O) groups is 1. The molecule has 122 valence electrons. The molecule has 0 aliphatic carbocycles. The molecule has 0 bridgehead atoms. The molecule has 1 heterocycles. The van der Waals surface area contributed by atoms with Crippen LogP contribution in [-0.4, -0.2) is 67.3 Å². The van der Waals surface area contributed by atoms with E-state index in [0.717, 1.165) is 25.2 Å². The van der Waals surface area contributed by atoms with Gasteiger partial charge in [-0.1, -0.05) is 12.1 Å². The van der Waals surface area contributed by atoms with E-state index >= 15 is 0 Å². The van der Waals surface area contributed by atoms with E-state index in [9.17, 15) is 14.3 Å². The molecule has 2 rings (SSSR count). The number of halogens is 1. The van der Waals surface area contributed by atoms with Gasteiger partial charge in [0.05, 0.1) is 13.2 Å². The summed E-state index contributed by atoms with van der Waals surface area (Å²) in [6.07, 6.45) is 0. The molecule has 1 aromatic rings. The van der Waals surface area contributed by atoms with E-state index in [0.29, 0.717) is 19.8 Å². The lowest BCUT2D eigenvalue weighted by molar-refractivity contribution is -0.143. The van der Waals surface area contributed by atoms with E-state index in [1.807, 2.05) is 0 Å². The number of hydrogen-bond acceptors (Lipinski definition) is 4. The Morgan fingerprint density at radius 3 is 2.73 bits per heavy atom. The van der Waals surface area contributed by atoms with Crippen molar-refractivity contribution in [1.82, 2.24) is 9.80 Å². The SMILES string of the molecule is Cc1ccc([C@@H](C(=O)O)N(C)CCN2CCOCC2)c(F)c1. The van der Waals surface area contributed by atoms with Gasteiger partial charge in [-0.05, 0) is 25.6 Å². The van der Waals surface area contributed by atoms with Crippen LogP contribution < -0.4 is 0 Å². The second kappa shape index (κ2) is 7.67. The fraction of sp³-hybridized carbons (Fsp3) is 0.562. The van der Waals surface area contributed by atoms with Crippen molar-refractivity contribution < 1.29 is 19.0 Å². The van der Waals surface area contributed by atoms with E-state index in [2.05, 4.69) is 4.90 Å². The molecule has 6 heteroatoms. The summed E-state index contributed by atoms with van der Waals surface area (Å²) in [5, 5.41) is 9.49. The number of carboxylic acid groups (broad SMARTS) is 1. The summed E-state index contributed by atoms with van der Waals surface area (Å²) in [5.41, 5.74) is 0.990. The number of aliphatic carboxylic acids is 1. The van der Waals surface area contributed by atoms with Gasteiger partial charge in [-0.25, -0.2) is 4.39 Å². The maximum atomic E-state index is 14.1. The minimum atomic E-state index is -1.03. The Morgan fingerprint density at radius 2 is 2.14 bits per heavy atom. The van der Waals surface area contributed by atoms with E-state index in [1.165, 1.54) is 6.07 Å². The first-order valence-corrected chi connectivity index (χ1v) is 7.48. The standard InChI is InChI=1S/C16H23FN2O3/c1-12-3-4-13(14(17)11-12)15(16(20)21)18(2)5-6-19-7-9-22-10-8-19/h3-4,11,15H,5-10H2,1-2H3,(H,20,21)/t15-/m0/s1. The fourth-order valence-corrected chi connectivity index (χ4v) is 2.67. The molecule has 0 saturated carbocycles. The van der Waals surface area contributed by atoms with Crippen LogP contribution in [0.5, 0.6) is 0 Å². The molecule has 0 amide bonds. The Bertz CT molecular complexity index is 518. The first kappa shape index (κ1) is 16.9. The van der Waals surface area contributed by atoms with Crippen molar-refractivity contribution in [3.05, 3.63) is 35.1 Å². The van der Waals surface area contributed by atoms with Gasteiger partial charge < -0.3 is 9.84 Å². The maximum absolute atomic E-state index is 14.1. The van der Waals surface area contributed by atoms with Crippen molar-refractivity contribution in [1.29, 1.82) is 0 Å². The first-order valence-electron chi connectivity index (χ1n) is 7.48. The highest BCUT2D eigenvalue weighted by Gasteiger charge is 2.27. The topological polar surface area (TPSA) is 53.0 Å². The first-order chi connectivity index (χ1) is 10.5. The van der Waals surface area contributed by atoms with Gasteiger partial charge >= 0.3 is 5.97 Å². The highest BCUT2D eigenvalue weighted by molar-refractivity contribution is 5.75. The predicted octanol–water partition coefficient (Wildman–Crippen LogP) is 1.52. The van der Waals surface area contributed by atoms with E-state index < -0.39 is 17.8 Å². The third kappa shape index (κ3) is 4.25. The molecule has 1 N–H and O–H groups in total. The van der Waals surface area contributed by atoms with Gasteiger partial charge in [-0.15, -0.1) is 0 Å². The summed E-state index contributed by atoms with van der Waals surface area (Å²) < 4.78 is 19.4. The third-order valence-corrected chi connectivity index (χ3v) is 4.00. The number of morpholine rings is 1. The predicted molar refractivity (Wildman–Crippen MR) is 81.4 cm³/mol. The molecule has 1 aromatic carbocycles. The van der Waals surface area contributed by atoms with Gasteiger partial charge in [0, 0.05) is 31.7 Å². The van der Waals surface area contributed by atoms with Crippen molar-refractivity contribution in [3.8, 4) is 0 Å². The monoisotopic (exact) mass is 310 g/mol. The lowest BCUT2D eigenvalue weighted by Gasteiger charge is -2.31. The van der Waals surface area contributed by atoms with Crippen LogP contribution >= 0.6 is 0 Å². The molecule has 5 nitrogen and oxygen atoms in total. The molecule has 0 spiro atoms. The number of carboxylic acids is 1. The van der Waals surface area contributed by atoms with Crippen LogP contribution in [0.1, 0.15) is 17.2 Å². The minimum Gasteiger partial charge on any atom is -0.480 e. The number of aryl methyl sites for hydroxylation is 1. The molecule has 22 heavy (non-hydrogen) atoms. The maximum Gasteiger partial charge on any atom is 0.325 e. The summed E-state index contributed by atoms with van der Waals surface area (Å²) in [4.78, 5) is 15.5. The van der Waals surface area contributed by atoms with Crippen molar-refractivity contribution >= 4 is 5.97 Å². The van der Waals surface area contributed by atoms with Gasteiger partial charge in [0.15, 0.2) is 0 Å². The third-order valence-electron chi connectivity index (χ3n) is 4.00.